The van der Waals surface area contributed by atoms with Gasteiger partial charge in [0.2, 0.25) is 0 Å². The quantitative estimate of drug-likeness (QED) is 0.618. The van der Waals surface area contributed by atoms with Gasteiger partial charge >= 0.3 is 0 Å². The van der Waals surface area contributed by atoms with Crippen molar-refractivity contribution in [1.82, 2.24) is 4.90 Å². The molecule has 22 heavy (non-hydrogen) atoms. The first-order valence-electron chi connectivity index (χ1n) is 7.77. The number of carbonyl (C=O) groups is 1. The molecule has 118 valence electrons. The topological polar surface area (TPSA) is 72.7 Å². The molecular formula is C16H20N2O4. The number of nitrogens with zero attached hydrogens (tertiary/aromatic N) is 2. The highest BCUT2D eigenvalue weighted by Gasteiger charge is 2.40. The first-order valence-corrected chi connectivity index (χ1v) is 7.77. The number of benzene rings is 1. The number of nitro benzene ring substituents is 1. The van der Waals surface area contributed by atoms with E-state index in [1.165, 1.54) is 25.3 Å². The summed E-state index contributed by atoms with van der Waals surface area (Å²) in [6.07, 6.45) is 6.25. The maximum absolute atomic E-state index is 13.0. The standard InChI is InChI=1S/C16H20N2O4/c1-22-13-8-9-15(18(20)21)14(10-13)16(19)17(12-6-7-12)11-4-2-3-5-11/h8-12H,2-7H2,1H3. The van der Waals surface area contributed by atoms with Crippen LogP contribution in [-0.2, 0) is 0 Å². The normalized spacial score (nSPS) is 18.2. The number of amides is 1. The second-order valence-corrected chi connectivity index (χ2v) is 6.02. The highest BCUT2D eigenvalue weighted by Crippen LogP contribution is 2.37. The van der Waals surface area contributed by atoms with Crippen molar-refractivity contribution in [3.63, 3.8) is 0 Å². The third-order valence-corrected chi connectivity index (χ3v) is 4.52. The Morgan fingerprint density at radius 3 is 2.41 bits per heavy atom. The van der Waals surface area contributed by atoms with Crippen LogP contribution in [0.2, 0.25) is 0 Å². The molecular weight excluding hydrogens is 284 g/mol. The van der Waals surface area contributed by atoms with Crippen LogP contribution in [0.15, 0.2) is 18.2 Å². The molecule has 0 atom stereocenters. The van der Waals surface area contributed by atoms with Crippen molar-refractivity contribution in [3.8, 4) is 5.75 Å². The zero-order valence-electron chi connectivity index (χ0n) is 12.7. The molecule has 2 fully saturated rings. The highest BCUT2D eigenvalue weighted by molar-refractivity contribution is 5.99. The van der Waals surface area contributed by atoms with E-state index in [2.05, 4.69) is 0 Å². The summed E-state index contributed by atoms with van der Waals surface area (Å²) < 4.78 is 5.13. The molecule has 0 bridgehead atoms. The second-order valence-electron chi connectivity index (χ2n) is 6.02. The molecule has 1 aromatic rings. The zero-order valence-corrected chi connectivity index (χ0v) is 12.7. The number of ether oxygens (including phenoxy) is 1. The molecule has 2 saturated carbocycles. The van der Waals surface area contributed by atoms with Crippen molar-refractivity contribution in [1.29, 1.82) is 0 Å². The van der Waals surface area contributed by atoms with E-state index in [9.17, 15) is 14.9 Å². The van der Waals surface area contributed by atoms with Gasteiger partial charge in [-0.1, -0.05) is 12.8 Å². The molecule has 3 rings (SSSR count). The summed E-state index contributed by atoms with van der Waals surface area (Å²) in [5.41, 5.74) is -0.00223. The van der Waals surface area contributed by atoms with Gasteiger partial charge in [0.1, 0.15) is 11.3 Å². The van der Waals surface area contributed by atoms with Crippen LogP contribution in [0.4, 0.5) is 5.69 Å². The Hall–Kier alpha value is -2.11. The minimum Gasteiger partial charge on any atom is -0.497 e. The number of nitro groups is 1. The van der Waals surface area contributed by atoms with Crippen LogP contribution in [0.1, 0.15) is 48.9 Å². The molecule has 2 aliphatic rings. The lowest BCUT2D eigenvalue weighted by atomic mass is 10.1. The average molecular weight is 304 g/mol. The summed E-state index contributed by atoms with van der Waals surface area (Å²) >= 11 is 0. The van der Waals surface area contributed by atoms with Crippen LogP contribution in [-0.4, -0.2) is 34.9 Å². The van der Waals surface area contributed by atoms with Crippen LogP contribution in [0, 0.1) is 10.1 Å². The first-order chi connectivity index (χ1) is 10.6. The van der Waals surface area contributed by atoms with Crippen molar-refractivity contribution < 1.29 is 14.5 Å². The molecule has 0 unspecified atom stereocenters. The smallest absolute Gasteiger partial charge is 0.282 e. The Morgan fingerprint density at radius 1 is 1.23 bits per heavy atom. The monoisotopic (exact) mass is 304 g/mol. The van der Waals surface area contributed by atoms with E-state index in [1.54, 1.807) is 0 Å². The Labute approximate surface area is 129 Å². The maximum atomic E-state index is 13.0. The summed E-state index contributed by atoms with van der Waals surface area (Å²) in [5, 5.41) is 11.2. The summed E-state index contributed by atoms with van der Waals surface area (Å²) in [7, 11) is 1.49. The van der Waals surface area contributed by atoms with Crippen molar-refractivity contribution in [2.24, 2.45) is 0 Å². The highest BCUT2D eigenvalue weighted by atomic mass is 16.6. The van der Waals surface area contributed by atoms with Gasteiger partial charge in [-0.15, -0.1) is 0 Å². The van der Waals surface area contributed by atoms with Gasteiger partial charge in [-0.3, -0.25) is 14.9 Å². The molecule has 6 nitrogen and oxygen atoms in total. The van der Waals surface area contributed by atoms with Crippen LogP contribution in [0.3, 0.4) is 0 Å². The number of hydrogen-bond acceptors (Lipinski definition) is 4. The summed E-state index contributed by atoms with van der Waals surface area (Å²) in [6.45, 7) is 0. The number of methoxy groups -OCH3 is 1. The Morgan fingerprint density at radius 2 is 1.86 bits per heavy atom. The van der Waals surface area contributed by atoms with Gasteiger partial charge in [0.15, 0.2) is 0 Å². The minimum atomic E-state index is -0.494. The van der Waals surface area contributed by atoms with E-state index < -0.39 is 4.92 Å². The third kappa shape index (κ3) is 2.77. The average Bonchev–Trinajstić information content (AvgIpc) is 3.20. The zero-order chi connectivity index (χ0) is 15.7. The lowest BCUT2D eigenvalue weighted by Crippen LogP contribution is -2.40. The van der Waals surface area contributed by atoms with E-state index in [4.69, 9.17) is 4.74 Å². The fourth-order valence-electron chi connectivity index (χ4n) is 3.28. The summed E-state index contributed by atoms with van der Waals surface area (Å²) in [6, 6.07) is 4.84. The molecule has 0 aromatic heterocycles. The molecule has 1 aromatic carbocycles. The van der Waals surface area contributed by atoms with Gasteiger partial charge in [-0.25, -0.2) is 0 Å². The van der Waals surface area contributed by atoms with E-state index in [1.807, 2.05) is 4.90 Å². The molecule has 0 saturated heterocycles. The Bertz CT molecular complexity index is 592. The van der Waals surface area contributed by atoms with Crippen LogP contribution >= 0.6 is 0 Å². The van der Waals surface area contributed by atoms with Crippen molar-refractivity contribution in [2.45, 2.75) is 50.6 Å². The van der Waals surface area contributed by atoms with Gasteiger partial charge in [0.05, 0.1) is 12.0 Å². The fraction of sp³-hybridized carbons (Fsp3) is 0.562. The molecule has 1 amide bonds. The molecule has 0 aliphatic heterocycles. The molecule has 6 heteroatoms. The maximum Gasteiger partial charge on any atom is 0.282 e. The lowest BCUT2D eigenvalue weighted by molar-refractivity contribution is -0.385. The summed E-state index contributed by atoms with van der Waals surface area (Å²) in [5.74, 6) is 0.246. The van der Waals surface area contributed by atoms with E-state index in [0.717, 1.165) is 38.5 Å². The van der Waals surface area contributed by atoms with Crippen molar-refractivity contribution >= 4 is 11.6 Å². The molecule has 0 spiro atoms. The lowest BCUT2D eigenvalue weighted by Gasteiger charge is -2.29. The predicted octanol–water partition coefficient (Wildman–Crippen LogP) is 3.15. The first kappa shape index (κ1) is 14.8. The number of carbonyl (C=O) groups excluding carboxylic acids is 1. The molecule has 0 heterocycles. The molecule has 0 N–H and O–H groups in total. The van der Waals surface area contributed by atoms with Gasteiger partial charge in [0.25, 0.3) is 11.6 Å². The van der Waals surface area contributed by atoms with Crippen molar-refractivity contribution in [3.05, 3.63) is 33.9 Å². The minimum absolute atomic E-state index is 0.142. The van der Waals surface area contributed by atoms with Crippen LogP contribution < -0.4 is 4.74 Å². The van der Waals surface area contributed by atoms with Gasteiger partial charge < -0.3 is 9.64 Å². The third-order valence-electron chi connectivity index (χ3n) is 4.52. The van der Waals surface area contributed by atoms with Gasteiger partial charge in [-0.2, -0.15) is 0 Å². The summed E-state index contributed by atoms with van der Waals surface area (Å²) in [4.78, 5) is 25.6. The second kappa shape index (κ2) is 5.94. The fourth-order valence-corrected chi connectivity index (χ4v) is 3.28. The molecule has 0 radical (unpaired) electrons. The van der Waals surface area contributed by atoms with Gasteiger partial charge in [-0.05, 0) is 37.8 Å². The van der Waals surface area contributed by atoms with Crippen LogP contribution in [0.25, 0.3) is 0 Å². The predicted molar refractivity (Wildman–Crippen MR) is 81.1 cm³/mol. The van der Waals surface area contributed by atoms with E-state index in [0.29, 0.717) is 5.75 Å². The van der Waals surface area contributed by atoms with E-state index >= 15 is 0 Å². The Kier molecular flexibility index (Phi) is 4.00. The number of rotatable bonds is 5. The number of hydrogen-bond donors (Lipinski definition) is 0. The van der Waals surface area contributed by atoms with Crippen LogP contribution in [0.5, 0.6) is 5.75 Å². The largest absolute Gasteiger partial charge is 0.497 e. The van der Waals surface area contributed by atoms with E-state index in [-0.39, 0.29) is 29.2 Å². The Balaban J connectivity index is 1.96. The van der Waals surface area contributed by atoms with Gasteiger partial charge in [0, 0.05) is 18.2 Å². The van der Waals surface area contributed by atoms with Crippen molar-refractivity contribution in [2.75, 3.05) is 7.11 Å². The SMILES string of the molecule is COc1ccc([N+](=O)[O-])c(C(=O)N(C2CCCC2)C2CC2)c1. The molecule has 2 aliphatic carbocycles.